The molecule has 0 radical (unpaired) electrons. The predicted molar refractivity (Wildman–Crippen MR) is 112 cm³/mol. The molecule has 1 aromatic rings. The van der Waals surface area contributed by atoms with Gasteiger partial charge in [-0.25, -0.2) is 0 Å². The highest BCUT2D eigenvalue weighted by Crippen LogP contribution is 2.26. The standard InChI is InChI=1S/C21H35N5O/c1-22-21(23-15-18-7-6-12-25(18)2)24-16-20(26-13-4-5-14-26)17-8-10-19(27-3)11-9-17/h8-11,18,20H,4-7,12-16H2,1-3H3,(H2,22,23,24). The van der Waals surface area contributed by atoms with E-state index in [2.05, 4.69) is 56.7 Å². The van der Waals surface area contributed by atoms with Crippen molar-refractivity contribution in [3.05, 3.63) is 29.8 Å². The van der Waals surface area contributed by atoms with Crippen molar-refractivity contribution >= 4 is 5.96 Å². The zero-order valence-electron chi connectivity index (χ0n) is 17.1. The second-order valence-electron chi connectivity index (χ2n) is 7.64. The van der Waals surface area contributed by atoms with Gasteiger partial charge in [-0.05, 0) is 70.1 Å². The van der Waals surface area contributed by atoms with E-state index in [1.54, 1.807) is 7.11 Å². The predicted octanol–water partition coefficient (Wildman–Crippen LogP) is 2.09. The molecule has 2 fully saturated rings. The van der Waals surface area contributed by atoms with Crippen LogP contribution in [-0.4, -0.2) is 75.7 Å². The summed E-state index contributed by atoms with van der Waals surface area (Å²) in [5.74, 6) is 1.80. The lowest BCUT2D eigenvalue weighted by Crippen LogP contribution is -2.46. The molecule has 0 saturated carbocycles. The van der Waals surface area contributed by atoms with Crippen LogP contribution in [0.3, 0.4) is 0 Å². The summed E-state index contributed by atoms with van der Waals surface area (Å²) in [6.45, 7) is 5.33. The van der Waals surface area contributed by atoms with E-state index in [1.165, 1.54) is 37.8 Å². The minimum atomic E-state index is 0.353. The molecule has 0 aromatic heterocycles. The largest absolute Gasteiger partial charge is 0.497 e. The van der Waals surface area contributed by atoms with Crippen LogP contribution in [0.5, 0.6) is 5.75 Å². The van der Waals surface area contributed by atoms with Crippen molar-refractivity contribution < 1.29 is 4.74 Å². The smallest absolute Gasteiger partial charge is 0.191 e. The number of ether oxygens (including phenoxy) is 1. The third-order valence-electron chi connectivity index (χ3n) is 5.95. The quantitative estimate of drug-likeness (QED) is 0.566. The fourth-order valence-electron chi connectivity index (χ4n) is 4.20. The Labute approximate surface area is 164 Å². The molecule has 1 aromatic carbocycles. The number of nitrogens with one attached hydrogen (secondary N) is 2. The van der Waals surface area contributed by atoms with E-state index in [-0.39, 0.29) is 0 Å². The van der Waals surface area contributed by atoms with Crippen LogP contribution in [0.2, 0.25) is 0 Å². The molecular formula is C21H35N5O. The molecule has 0 amide bonds. The van der Waals surface area contributed by atoms with Gasteiger partial charge in [0.25, 0.3) is 0 Å². The van der Waals surface area contributed by atoms with Crippen molar-refractivity contribution in [2.75, 3.05) is 53.9 Å². The second-order valence-corrected chi connectivity index (χ2v) is 7.64. The minimum Gasteiger partial charge on any atom is -0.497 e. The molecule has 0 bridgehead atoms. The van der Waals surface area contributed by atoms with Gasteiger partial charge in [-0.3, -0.25) is 9.89 Å². The Morgan fingerprint density at radius 2 is 1.89 bits per heavy atom. The van der Waals surface area contributed by atoms with Crippen molar-refractivity contribution in [3.63, 3.8) is 0 Å². The highest BCUT2D eigenvalue weighted by Gasteiger charge is 2.24. The summed E-state index contributed by atoms with van der Waals surface area (Å²) in [6.07, 6.45) is 5.13. The molecule has 6 nitrogen and oxygen atoms in total. The van der Waals surface area contributed by atoms with Gasteiger partial charge < -0.3 is 20.3 Å². The summed E-state index contributed by atoms with van der Waals surface area (Å²) >= 11 is 0. The van der Waals surface area contributed by atoms with Crippen LogP contribution in [0.25, 0.3) is 0 Å². The van der Waals surface area contributed by atoms with Crippen molar-refractivity contribution in [3.8, 4) is 5.75 Å². The van der Waals surface area contributed by atoms with E-state index in [0.29, 0.717) is 12.1 Å². The normalized spacial score (nSPS) is 22.8. The van der Waals surface area contributed by atoms with E-state index in [0.717, 1.165) is 37.9 Å². The molecule has 0 aliphatic carbocycles. The number of aliphatic imine (C=N–C) groups is 1. The lowest BCUT2D eigenvalue weighted by Gasteiger charge is -2.29. The van der Waals surface area contributed by atoms with Crippen molar-refractivity contribution in [2.24, 2.45) is 4.99 Å². The fraction of sp³-hybridized carbons (Fsp3) is 0.667. The maximum Gasteiger partial charge on any atom is 0.191 e. The number of likely N-dealkylation sites (tertiary alicyclic amines) is 2. The molecule has 3 rings (SSSR count). The van der Waals surface area contributed by atoms with Crippen LogP contribution in [0.1, 0.15) is 37.3 Å². The number of nitrogens with zero attached hydrogens (tertiary/aromatic N) is 3. The Morgan fingerprint density at radius 3 is 2.48 bits per heavy atom. The third-order valence-corrected chi connectivity index (χ3v) is 5.95. The van der Waals surface area contributed by atoms with Crippen molar-refractivity contribution in [1.29, 1.82) is 0 Å². The summed E-state index contributed by atoms with van der Waals surface area (Å²) in [6, 6.07) is 9.45. The average molecular weight is 374 g/mol. The number of likely N-dealkylation sites (N-methyl/N-ethyl adjacent to an activating group) is 1. The Hall–Kier alpha value is -1.79. The van der Waals surface area contributed by atoms with Gasteiger partial charge in [-0.1, -0.05) is 12.1 Å². The Balaban J connectivity index is 1.58. The Bertz CT molecular complexity index is 597. The third kappa shape index (κ3) is 5.36. The van der Waals surface area contributed by atoms with Gasteiger partial charge in [0.15, 0.2) is 5.96 Å². The van der Waals surface area contributed by atoms with Crippen LogP contribution < -0.4 is 15.4 Å². The second kappa shape index (κ2) is 9.95. The molecule has 150 valence electrons. The molecule has 2 atom stereocenters. The Morgan fingerprint density at radius 1 is 1.15 bits per heavy atom. The first kappa shape index (κ1) is 20.0. The van der Waals surface area contributed by atoms with Crippen molar-refractivity contribution in [1.82, 2.24) is 20.4 Å². The van der Waals surface area contributed by atoms with E-state index in [9.17, 15) is 0 Å². The number of rotatable bonds is 7. The topological polar surface area (TPSA) is 52.1 Å². The summed E-state index contributed by atoms with van der Waals surface area (Å²) in [5, 5.41) is 7.08. The highest BCUT2D eigenvalue weighted by atomic mass is 16.5. The first-order valence-electron chi connectivity index (χ1n) is 10.2. The minimum absolute atomic E-state index is 0.353. The average Bonchev–Trinajstić information content (AvgIpc) is 3.37. The summed E-state index contributed by atoms with van der Waals surface area (Å²) < 4.78 is 5.32. The summed E-state index contributed by atoms with van der Waals surface area (Å²) in [4.78, 5) is 9.44. The first-order chi connectivity index (χ1) is 13.2. The lowest BCUT2D eigenvalue weighted by atomic mass is 10.1. The number of hydrogen-bond acceptors (Lipinski definition) is 4. The molecule has 0 spiro atoms. The first-order valence-corrected chi connectivity index (χ1v) is 10.2. The number of hydrogen-bond donors (Lipinski definition) is 2. The van der Waals surface area contributed by atoms with E-state index >= 15 is 0 Å². The van der Waals surface area contributed by atoms with Gasteiger partial charge in [0, 0.05) is 26.2 Å². The maximum absolute atomic E-state index is 5.32. The molecule has 2 aliphatic heterocycles. The van der Waals surface area contributed by atoms with Crippen LogP contribution >= 0.6 is 0 Å². The maximum atomic E-state index is 5.32. The van der Waals surface area contributed by atoms with E-state index < -0.39 is 0 Å². The van der Waals surface area contributed by atoms with Gasteiger partial charge in [0.1, 0.15) is 5.75 Å². The van der Waals surface area contributed by atoms with Gasteiger partial charge in [-0.2, -0.15) is 0 Å². The van der Waals surface area contributed by atoms with Gasteiger partial charge in [0.05, 0.1) is 13.2 Å². The molecule has 2 N–H and O–H groups in total. The van der Waals surface area contributed by atoms with E-state index in [4.69, 9.17) is 4.74 Å². The lowest BCUT2D eigenvalue weighted by molar-refractivity contribution is 0.245. The molecule has 2 heterocycles. The van der Waals surface area contributed by atoms with Crippen LogP contribution in [0.15, 0.2) is 29.3 Å². The molecule has 6 heteroatoms. The molecular weight excluding hydrogens is 338 g/mol. The molecule has 2 aliphatic rings. The van der Waals surface area contributed by atoms with Gasteiger partial charge >= 0.3 is 0 Å². The number of benzene rings is 1. The zero-order chi connectivity index (χ0) is 19.1. The van der Waals surface area contributed by atoms with Crippen LogP contribution in [0.4, 0.5) is 0 Å². The van der Waals surface area contributed by atoms with Gasteiger partial charge in [-0.15, -0.1) is 0 Å². The molecule has 27 heavy (non-hydrogen) atoms. The zero-order valence-corrected chi connectivity index (χ0v) is 17.1. The van der Waals surface area contributed by atoms with Gasteiger partial charge in [0.2, 0.25) is 0 Å². The number of methoxy groups -OCH3 is 1. The van der Waals surface area contributed by atoms with Crippen molar-refractivity contribution in [2.45, 2.75) is 37.8 Å². The molecule has 2 saturated heterocycles. The summed E-state index contributed by atoms with van der Waals surface area (Å²) in [5.41, 5.74) is 1.33. The van der Waals surface area contributed by atoms with Crippen LogP contribution in [0, 0.1) is 0 Å². The number of guanidine groups is 1. The summed E-state index contributed by atoms with van der Waals surface area (Å²) in [7, 11) is 5.78. The SMILES string of the molecule is CN=C(NCC1CCCN1C)NCC(c1ccc(OC)cc1)N1CCCC1. The monoisotopic (exact) mass is 373 g/mol. The van der Waals surface area contributed by atoms with Crippen LogP contribution in [-0.2, 0) is 0 Å². The molecule has 2 unspecified atom stereocenters. The Kier molecular flexibility index (Phi) is 7.35. The van der Waals surface area contributed by atoms with E-state index in [1.807, 2.05) is 7.05 Å². The highest BCUT2D eigenvalue weighted by molar-refractivity contribution is 5.79. The fourth-order valence-corrected chi connectivity index (χ4v) is 4.20.